The number of hydrogen-bond donors (Lipinski definition) is 1. The van der Waals surface area contributed by atoms with E-state index in [0.29, 0.717) is 31.7 Å². The zero-order chi connectivity index (χ0) is 16.2. The van der Waals surface area contributed by atoms with Crippen molar-refractivity contribution in [2.45, 2.75) is 25.6 Å². The maximum absolute atomic E-state index is 14.3. The first-order valence-corrected chi connectivity index (χ1v) is 7.34. The van der Waals surface area contributed by atoms with Gasteiger partial charge in [0.05, 0.1) is 36.8 Å². The van der Waals surface area contributed by atoms with E-state index in [1.807, 2.05) is 0 Å². The minimum atomic E-state index is -0.766. The van der Waals surface area contributed by atoms with E-state index in [1.54, 1.807) is 0 Å². The van der Waals surface area contributed by atoms with Gasteiger partial charge in [-0.2, -0.15) is 5.10 Å². The van der Waals surface area contributed by atoms with E-state index >= 15 is 0 Å². The van der Waals surface area contributed by atoms with Crippen LogP contribution in [0.25, 0.3) is 11.3 Å². The fourth-order valence-electron chi connectivity index (χ4n) is 2.43. The molecule has 1 N–H and O–H groups in total. The molecule has 0 saturated carbocycles. The van der Waals surface area contributed by atoms with Gasteiger partial charge in [-0.25, -0.2) is 8.78 Å². The minimum absolute atomic E-state index is 0.0646. The van der Waals surface area contributed by atoms with Crippen LogP contribution in [0.3, 0.4) is 0 Å². The van der Waals surface area contributed by atoms with Crippen molar-refractivity contribution in [3.63, 3.8) is 0 Å². The van der Waals surface area contributed by atoms with Crippen LogP contribution in [-0.4, -0.2) is 34.6 Å². The Morgan fingerprint density at radius 2 is 1.83 bits per heavy atom. The Hall–Kier alpha value is -2.12. The Labute approximate surface area is 131 Å². The van der Waals surface area contributed by atoms with Crippen LogP contribution in [0.15, 0.2) is 24.3 Å². The van der Waals surface area contributed by atoms with Crippen LogP contribution < -0.4 is 4.74 Å². The lowest BCUT2D eigenvalue weighted by atomic mass is 10.1. The number of aromatic nitrogens is 2. The molecule has 1 fully saturated rings. The van der Waals surface area contributed by atoms with Crippen LogP contribution in [0, 0.1) is 11.6 Å². The van der Waals surface area contributed by atoms with E-state index in [4.69, 9.17) is 14.6 Å². The highest BCUT2D eigenvalue weighted by molar-refractivity contribution is 5.61. The zero-order valence-corrected chi connectivity index (χ0v) is 12.3. The average molecular weight is 322 g/mol. The summed E-state index contributed by atoms with van der Waals surface area (Å²) in [4.78, 5) is 0. The topological polar surface area (TPSA) is 64.5 Å². The predicted octanol–water partition coefficient (Wildman–Crippen LogP) is 2.47. The molecule has 23 heavy (non-hydrogen) atoms. The van der Waals surface area contributed by atoms with E-state index in [-0.39, 0.29) is 29.7 Å². The third-order valence-electron chi connectivity index (χ3n) is 3.62. The Balaban J connectivity index is 1.84. The Morgan fingerprint density at radius 1 is 1.13 bits per heavy atom. The van der Waals surface area contributed by atoms with Crippen molar-refractivity contribution in [1.82, 2.24) is 10.2 Å². The molecule has 0 unspecified atom stereocenters. The molecule has 2 heterocycles. The molecule has 122 valence electrons. The van der Waals surface area contributed by atoms with Crippen LogP contribution in [0.1, 0.15) is 18.5 Å². The molecule has 0 spiro atoms. The molecule has 1 aliphatic rings. The van der Waals surface area contributed by atoms with E-state index in [0.717, 1.165) is 12.1 Å². The molecule has 1 saturated heterocycles. The van der Waals surface area contributed by atoms with Crippen molar-refractivity contribution in [2.24, 2.45) is 0 Å². The number of hydrogen-bond acceptors (Lipinski definition) is 5. The second-order valence-corrected chi connectivity index (χ2v) is 5.26. The summed E-state index contributed by atoms with van der Waals surface area (Å²) in [6.07, 6.45) is 1.29. The summed E-state index contributed by atoms with van der Waals surface area (Å²) in [5.41, 5.74) is 0.130. The molecule has 1 aliphatic heterocycles. The summed E-state index contributed by atoms with van der Waals surface area (Å²) in [5.74, 6) is -1.38. The summed E-state index contributed by atoms with van der Waals surface area (Å²) < 4.78 is 39.4. The van der Waals surface area contributed by atoms with Gasteiger partial charge in [-0.3, -0.25) is 0 Å². The number of ether oxygens (including phenoxy) is 2. The lowest BCUT2D eigenvalue weighted by molar-refractivity contribution is 0.0253. The fourth-order valence-corrected chi connectivity index (χ4v) is 2.43. The standard InChI is InChI=1S/C16H16F2N2O3/c17-13-7-12(23-11-3-5-22-6-4-11)8-14(18)16(13)15-2-1-10(9-21)19-20-15/h1-2,7-8,11,21H,3-6,9H2. The van der Waals surface area contributed by atoms with Gasteiger partial charge in [0, 0.05) is 25.0 Å². The molecule has 0 bridgehead atoms. The summed E-state index contributed by atoms with van der Waals surface area (Å²) in [7, 11) is 0. The molecule has 2 aromatic rings. The highest BCUT2D eigenvalue weighted by Gasteiger charge is 2.19. The van der Waals surface area contributed by atoms with Gasteiger partial charge in [0.1, 0.15) is 23.5 Å². The second kappa shape index (κ2) is 6.97. The van der Waals surface area contributed by atoms with Gasteiger partial charge in [-0.1, -0.05) is 0 Å². The first kappa shape index (κ1) is 15.8. The largest absolute Gasteiger partial charge is 0.490 e. The quantitative estimate of drug-likeness (QED) is 0.937. The van der Waals surface area contributed by atoms with Gasteiger partial charge >= 0.3 is 0 Å². The number of halogens is 2. The lowest BCUT2D eigenvalue weighted by Crippen LogP contribution is -2.26. The lowest BCUT2D eigenvalue weighted by Gasteiger charge is -2.23. The van der Waals surface area contributed by atoms with Gasteiger partial charge in [-0.15, -0.1) is 5.10 Å². The number of aliphatic hydroxyl groups excluding tert-OH is 1. The second-order valence-electron chi connectivity index (χ2n) is 5.26. The summed E-state index contributed by atoms with van der Waals surface area (Å²) >= 11 is 0. The highest BCUT2D eigenvalue weighted by atomic mass is 19.1. The fraction of sp³-hybridized carbons (Fsp3) is 0.375. The summed E-state index contributed by atoms with van der Waals surface area (Å²) in [6, 6.07) is 5.18. The molecule has 1 aromatic heterocycles. The Morgan fingerprint density at radius 3 is 2.39 bits per heavy atom. The Bertz CT molecular complexity index is 651. The molecule has 3 rings (SSSR count). The molecule has 0 amide bonds. The van der Waals surface area contributed by atoms with Crippen LogP contribution in [0.5, 0.6) is 5.75 Å². The molecule has 7 heteroatoms. The summed E-state index contributed by atoms with van der Waals surface area (Å²) in [5, 5.41) is 16.4. The van der Waals surface area contributed by atoms with Crippen LogP contribution in [-0.2, 0) is 11.3 Å². The average Bonchev–Trinajstić information content (AvgIpc) is 2.56. The van der Waals surface area contributed by atoms with E-state index in [1.165, 1.54) is 12.1 Å². The molecule has 1 aromatic carbocycles. The molecule has 5 nitrogen and oxygen atoms in total. The first-order valence-electron chi connectivity index (χ1n) is 7.34. The van der Waals surface area contributed by atoms with Gasteiger partial charge in [0.2, 0.25) is 0 Å². The van der Waals surface area contributed by atoms with E-state index in [9.17, 15) is 8.78 Å². The normalized spacial score (nSPS) is 15.6. The zero-order valence-electron chi connectivity index (χ0n) is 12.3. The molecular formula is C16H16F2N2O3. The van der Waals surface area contributed by atoms with Crippen LogP contribution in [0.2, 0.25) is 0 Å². The first-order chi connectivity index (χ1) is 11.2. The van der Waals surface area contributed by atoms with Gasteiger partial charge in [0.15, 0.2) is 0 Å². The van der Waals surface area contributed by atoms with E-state index in [2.05, 4.69) is 10.2 Å². The maximum atomic E-state index is 14.3. The predicted molar refractivity (Wildman–Crippen MR) is 77.8 cm³/mol. The molecule has 0 aliphatic carbocycles. The maximum Gasteiger partial charge on any atom is 0.139 e. The SMILES string of the molecule is OCc1ccc(-c2c(F)cc(OC3CCOCC3)cc2F)nn1. The number of nitrogens with zero attached hydrogens (tertiary/aromatic N) is 2. The molecular weight excluding hydrogens is 306 g/mol. The van der Waals surface area contributed by atoms with E-state index < -0.39 is 11.6 Å². The van der Waals surface area contributed by atoms with Crippen molar-refractivity contribution < 1.29 is 23.4 Å². The molecule has 0 radical (unpaired) electrons. The van der Waals surface area contributed by atoms with Crippen molar-refractivity contribution in [3.05, 3.63) is 41.6 Å². The van der Waals surface area contributed by atoms with Crippen molar-refractivity contribution in [3.8, 4) is 17.0 Å². The van der Waals surface area contributed by atoms with Gasteiger partial charge in [-0.05, 0) is 12.1 Å². The monoisotopic (exact) mass is 322 g/mol. The highest BCUT2D eigenvalue weighted by Crippen LogP contribution is 2.29. The van der Waals surface area contributed by atoms with Crippen LogP contribution >= 0.6 is 0 Å². The van der Waals surface area contributed by atoms with Crippen LogP contribution in [0.4, 0.5) is 8.78 Å². The van der Waals surface area contributed by atoms with Crippen molar-refractivity contribution >= 4 is 0 Å². The molecule has 0 atom stereocenters. The number of aliphatic hydroxyl groups is 1. The third kappa shape index (κ3) is 3.62. The number of benzene rings is 1. The summed E-state index contributed by atoms with van der Waals surface area (Å²) in [6.45, 7) is 0.886. The van der Waals surface area contributed by atoms with Gasteiger partial charge in [0.25, 0.3) is 0 Å². The third-order valence-corrected chi connectivity index (χ3v) is 3.62. The number of rotatable bonds is 4. The smallest absolute Gasteiger partial charge is 0.139 e. The van der Waals surface area contributed by atoms with Gasteiger partial charge < -0.3 is 14.6 Å². The van der Waals surface area contributed by atoms with Crippen molar-refractivity contribution in [2.75, 3.05) is 13.2 Å². The Kier molecular flexibility index (Phi) is 4.78. The minimum Gasteiger partial charge on any atom is -0.490 e. The van der Waals surface area contributed by atoms with Crippen molar-refractivity contribution in [1.29, 1.82) is 0 Å².